The van der Waals surface area contributed by atoms with Crippen molar-refractivity contribution in [1.82, 2.24) is 4.57 Å². The van der Waals surface area contributed by atoms with Gasteiger partial charge in [-0.2, -0.15) is 0 Å². The summed E-state index contributed by atoms with van der Waals surface area (Å²) in [5, 5.41) is 1.34. The summed E-state index contributed by atoms with van der Waals surface area (Å²) in [6.45, 7) is 9.86. The van der Waals surface area contributed by atoms with E-state index in [2.05, 4.69) is 80.8 Å². The smallest absolute Gasteiger partial charge is 0.123 e. The van der Waals surface area contributed by atoms with Gasteiger partial charge in [-0.15, -0.1) is 0 Å². The lowest BCUT2D eigenvalue weighted by atomic mass is 9.97. The van der Waals surface area contributed by atoms with Crippen LogP contribution in [0.15, 0.2) is 48.5 Å². The van der Waals surface area contributed by atoms with Crippen molar-refractivity contribution in [3.63, 3.8) is 0 Å². The number of para-hydroxylation sites is 1. The first-order chi connectivity index (χ1) is 12.0. The maximum Gasteiger partial charge on any atom is 0.123 e. The van der Waals surface area contributed by atoms with E-state index in [1.165, 1.54) is 33.3 Å². The lowest BCUT2D eigenvalue weighted by Crippen LogP contribution is -2.29. The number of aromatic nitrogens is 1. The number of aryl methyl sites for hydroxylation is 1. The standard InChI is InChI=1S/C23H27NO/c1-15(2)13-18-9-11-19(12-10-18)23-22-17(4)20-7-5-6-8-21(20)24(22)14-16(3)25-23/h5-12,15-16,23H,13-14H2,1-4H3/t16-,23-/m0/s1. The van der Waals surface area contributed by atoms with E-state index in [0.29, 0.717) is 5.92 Å². The SMILES string of the molecule is Cc1c2n(c3ccccc13)C[C@H](C)O[C@H]2c1ccc(CC(C)C)cc1. The van der Waals surface area contributed by atoms with E-state index < -0.39 is 0 Å². The van der Waals surface area contributed by atoms with Gasteiger partial charge in [-0.3, -0.25) is 0 Å². The van der Waals surface area contributed by atoms with Gasteiger partial charge in [0.15, 0.2) is 0 Å². The van der Waals surface area contributed by atoms with E-state index in [4.69, 9.17) is 4.74 Å². The van der Waals surface area contributed by atoms with Crippen LogP contribution in [0.25, 0.3) is 10.9 Å². The molecule has 1 aliphatic heterocycles. The molecule has 0 amide bonds. The van der Waals surface area contributed by atoms with Crippen molar-refractivity contribution in [1.29, 1.82) is 0 Å². The minimum atomic E-state index is 0.0178. The fourth-order valence-electron chi connectivity index (χ4n) is 4.16. The van der Waals surface area contributed by atoms with Gasteiger partial charge in [0.1, 0.15) is 6.10 Å². The first-order valence-corrected chi connectivity index (χ1v) is 9.36. The van der Waals surface area contributed by atoms with Crippen LogP contribution in [0, 0.1) is 12.8 Å². The largest absolute Gasteiger partial charge is 0.362 e. The fraction of sp³-hybridized carbons (Fsp3) is 0.391. The van der Waals surface area contributed by atoms with Crippen LogP contribution in [0.5, 0.6) is 0 Å². The molecule has 0 saturated carbocycles. The predicted molar refractivity (Wildman–Crippen MR) is 104 cm³/mol. The summed E-state index contributed by atoms with van der Waals surface area (Å²) in [5.41, 5.74) is 6.65. The van der Waals surface area contributed by atoms with Crippen LogP contribution >= 0.6 is 0 Å². The molecule has 25 heavy (non-hydrogen) atoms. The van der Waals surface area contributed by atoms with Crippen molar-refractivity contribution in [2.24, 2.45) is 5.92 Å². The molecule has 1 aromatic heterocycles. The first kappa shape index (κ1) is 16.4. The molecule has 3 aromatic rings. The molecule has 2 aromatic carbocycles. The molecule has 0 saturated heterocycles. The second kappa shape index (κ2) is 6.34. The molecule has 2 heteroatoms. The second-order valence-corrected chi connectivity index (χ2v) is 7.80. The highest BCUT2D eigenvalue weighted by Gasteiger charge is 2.30. The molecular weight excluding hydrogens is 306 g/mol. The predicted octanol–water partition coefficient (Wildman–Crippen LogP) is 5.66. The third-order valence-electron chi connectivity index (χ3n) is 5.26. The Labute approximate surface area is 150 Å². The molecule has 0 radical (unpaired) electrons. The number of benzene rings is 2. The molecule has 0 spiro atoms. The number of nitrogens with zero attached hydrogens (tertiary/aromatic N) is 1. The van der Waals surface area contributed by atoms with Crippen molar-refractivity contribution < 1.29 is 4.74 Å². The van der Waals surface area contributed by atoms with Crippen LogP contribution < -0.4 is 0 Å². The monoisotopic (exact) mass is 333 g/mol. The highest BCUT2D eigenvalue weighted by molar-refractivity contribution is 5.85. The third kappa shape index (κ3) is 2.89. The fourth-order valence-corrected chi connectivity index (χ4v) is 4.16. The van der Waals surface area contributed by atoms with Crippen LogP contribution in [0.2, 0.25) is 0 Å². The van der Waals surface area contributed by atoms with Crippen molar-refractivity contribution >= 4 is 10.9 Å². The molecule has 0 unspecified atom stereocenters. The molecule has 0 aliphatic carbocycles. The average Bonchev–Trinajstić information content (AvgIpc) is 2.88. The van der Waals surface area contributed by atoms with E-state index in [-0.39, 0.29) is 12.2 Å². The van der Waals surface area contributed by atoms with Gasteiger partial charge >= 0.3 is 0 Å². The zero-order chi connectivity index (χ0) is 17.6. The summed E-state index contributed by atoms with van der Waals surface area (Å²) in [5.74, 6) is 0.682. The second-order valence-electron chi connectivity index (χ2n) is 7.80. The van der Waals surface area contributed by atoms with Crippen LogP contribution in [0.1, 0.15) is 49.3 Å². The normalized spacial score (nSPS) is 20.2. The highest BCUT2D eigenvalue weighted by Crippen LogP contribution is 2.39. The van der Waals surface area contributed by atoms with Gasteiger partial charge in [-0.1, -0.05) is 56.3 Å². The van der Waals surface area contributed by atoms with Crippen LogP contribution in [0.3, 0.4) is 0 Å². The summed E-state index contributed by atoms with van der Waals surface area (Å²) in [6, 6.07) is 17.7. The molecule has 2 nitrogen and oxygen atoms in total. The van der Waals surface area contributed by atoms with E-state index in [1.807, 2.05) is 0 Å². The topological polar surface area (TPSA) is 14.2 Å². The molecule has 4 rings (SSSR count). The molecule has 1 aliphatic rings. The molecule has 0 bridgehead atoms. The zero-order valence-electron chi connectivity index (χ0n) is 15.6. The molecule has 0 N–H and O–H groups in total. The van der Waals surface area contributed by atoms with Gasteiger partial charge in [0.05, 0.1) is 11.8 Å². The van der Waals surface area contributed by atoms with E-state index in [0.717, 1.165) is 13.0 Å². The lowest BCUT2D eigenvalue weighted by Gasteiger charge is -2.31. The van der Waals surface area contributed by atoms with Gasteiger partial charge in [0.2, 0.25) is 0 Å². The third-order valence-corrected chi connectivity index (χ3v) is 5.26. The summed E-state index contributed by atoms with van der Waals surface area (Å²) in [6.07, 6.45) is 1.36. The molecule has 2 heterocycles. The Morgan fingerprint density at radius 3 is 2.52 bits per heavy atom. The van der Waals surface area contributed by atoms with Gasteiger partial charge in [-0.25, -0.2) is 0 Å². The Morgan fingerprint density at radius 2 is 1.80 bits per heavy atom. The van der Waals surface area contributed by atoms with Crippen LogP contribution in [-0.2, 0) is 17.7 Å². The Balaban J connectivity index is 1.79. The van der Waals surface area contributed by atoms with Crippen LogP contribution in [-0.4, -0.2) is 10.7 Å². The van der Waals surface area contributed by atoms with Crippen LogP contribution in [0.4, 0.5) is 0 Å². The van der Waals surface area contributed by atoms with E-state index in [1.54, 1.807) is 0 Å². The summed E-state index contributed by atoms with van der Waals surface area (Å²) in [4.78, 5) is 0. The van der Waals surface area contributed by atoms with Gasteiger partial charge in [-0.05, 0) is 48.9 Å². The number of rotatable bonds is 3. The Hall–Kier alpha value is -2.06. The van der Waals surface area contributed by atoms with E-state index in [9.17, 15) is 0 Å². The maximum atomic E-state index is 6.41. The van der Waals surface area contributed by atoms with Crippen molar-refractivity contribution in [3.8, 4) is 0 Å². The highest BCUT2D eigenvalue weighted by atomic mass is 16.5. The number of hydrogen-bond acceptors (Lipinski definition) is 1. The number of ether oxygens (including phenoxy) is 1. The average molecular weight is 333 g/mol. The maximum absolute atomic E-state index is 6.41. The lowest BCUT2D eigenvalue weighted by molar-refractivity contribution is -0.0146. The molecule has 0 fully saturated rings. The Kier molecular flexibility index (Phi) is 4.16. The minimum absolute atomic E-state index is 0.0178. The summed E-state index contributed by atoms with van der Waals surface area (Å²) in [7, 11) is 0. The summed E-state index contributed by atoms with van der Waals surface area (Å²) >= 11 is 0. The first-order valence-electron chi connectivity index (χ1n) is 9.36. The van der Waals surface area contributed by atoms with Crippen molar-refractivity contribution in [2.75, 3.05) is 0 Å². The zero-order valence-corrected chi connectivity index (χ0v) is 15.6. The Morgan fingerprint density at radius 1 is 1.08 bits per heavy atom. The van der Waals surface area contributed by atoms with Crippen molar-refractivity contribution in [2.45, 2.75) is 52.9 Å². The molecular formula is C23H27NO. The minimum Gasteiger partial charge on any atom is -0.362 e. The summed E-state index contributed by atoms with van der Waals surface area (Å²) < 4.78 is 8.87. The van der Waals surface area contributed by atoms with E-state index >= 15 is 0 Å². The number of hydrogen-bond donors (Lipinski definition) is 0. The van der Waals surface area contributed by atoms with Gasteiger partial charge < -0.3 is 9.30 Å². The molecule has 130 valence electrons. The van der Waals surface area contributed by atoms with Crippen molar-refractivity contribution in [3.05, 3.63) is 70.9 Å². The Bertz CT molecular complexity index is 888. The quantitative estimate of drug-likeness (QED) is 0.603. The van der Waals surface area contributed by atoms with Gasteiger partial charge in [0.25, 0.3) is 0 Å². The van der Waals surface area contributed by atoms with Gasteiger partial charge in [0, 0.05) is 17.4 Å². The number of fused-ring (bicyclic) bond motifs is 3. The molecule has 2 atom stereocenters.